The topological polar surface area (TPSA) is 32.3 Å². The Morgan fingerprint density at radius 1 is 1.07 bits per heavy atom. The Bertz CT molecular complexity index is 823. The van der Waals surface area contributed by atoms with Gasteiger partial charge in [0.2, 0.25) is 5.91 Å². The molecule has 2 heterocycles. The van der Waals surface area contributed by atoms with Gasteiger partial charge in [0, 0.05) is 36.3 Å². The minimum absolute atomic E-state index is 0.0700. The van der Waals surface area contributed by atoms with Gasteiger partial charge in [0.15, 0.2) is 0 Å². The average Bonchev–Trinajstić information content (AvgIpc) is 3.25. The van der Waals surface area contributed by atoms with Crippen molar-refractivity contribution >= 4 is 17.5 Å². The van der Waals surface area contributed by atoms with Crippen molar-refractivity contribution in [1.29, 1.82) is 0 Å². The van der Waals surface area contributed by atoms with E-state index in [2.05, 4.69) is 5.32 Å². The SMILES string of the molecule is O=C(CC(F)(F)c1ccc(-c2ccc(Cl)cc2)cc1)N1CC[C@@H]2CNC[C@@H]21. The predicted molar refractivity (Wildman–Crippen MR) is 102 cm³/mol. The van der Waals surface area contributed by atoms with Gasteiger partial charge in [-0.2, -0.15) is 0 Å². The van der Waals surface area contributed by atoms with E-state index in [9.17, 15) is 13.6 Å². The van der Waals surface area contributed by atoms with Crippen LogP contribution in [0.4, 0.5) is 8.78 Å². The Hall–Kier alpha value is -1.98. The number of alkyl halides is 2. The Morgan fingerprint density at radius 3 is 2.37 bits per heavy atom. The zero-order chi connectivity index (χ0) is 19.0. The van der Waals surface area contributed by atoms with E-state index in [4.69, 9.17) is 11.6 Å². The molecule has 1 N–H and O–H groups in total. The summed E-state index contributed by atoms with van der Waals surface area (Å²) in [6.45, 7) is 2.16. The summed E-state index contributed by atoms with van der Waals surface area (Å²) >= 11 is 5.88. The largest absolute Gasteiger partial charge is 0.338 e. The van der Waals surface area contributed by atoms with Gasteiger partial charge in [-0.3, -0.25) is 4.79 Å². The van der Waals surface area contributed by atoms with Crippen molar-refractivity contribution in [2.24, 2.45) is 5.92 Å². The molecule has 2 aromatic rings. The molecular weight excluding hydrogens is 370 g/mol. The van der Waals surface area contributed by atoms with Gasteiger partial charge in [-0.05, 0) is 35.6 Å². The van der Waals surface area contributed by atoms with Crippen molar-refractivity contribution in [3.8, 4) is 11.1 Å². The Morgan fingerprint density at radius 2 is 1.70 bits per heavy atom. The number of carbonyl (C=O) groups is 1. The molecule has 6 heteroatoms. The third-order valence-electron chi connectivity index (χ3n) is 5.62. The summed E-state index contributed by atoms with van der Waals surface area (Å²) in [5, 5.41) is 3.87. The first kappa shape index (κ1) is 18.4. The second kappa shape index (κ2) is 7.21. The second-order valence-corrected chi connectivity index (χ2v) is 7.76. The summed E-state index contributed by atoms with van der Waals surface area (Å²) in [5.41, 5.74) is 1.60. The molecule has 4 rings (SSSR count). The molecular formula is C21H21ClF2N2O. The lowest BCUT2D eigenvalue weighted by Crippen LogP contribution is -2.41. The summed E-state index contributed by atoms with van der Waals surface area (Å²) in [6.07, 6.45) is 0.112. The molecule has 0 aliphatic carbocycles. The molecule has 0 unspecified atom stereocenters. The van der Waals surface area contributed by atoms with Crippen LogP contribution >= 0.6 is 11.6 Å². The minimum Gasteiger partial charge on any atom is -0.338 e. The number of fused-ring (bicyclic) bond motifs is 1. The van der Waals surface area contributed by atoms with Crippen LogP contribution in [0.3, 0.4) is 0 Å². The molecule has 0 aromatic heterocycles. The number of nitrogens with zero attached hydrogens (tertiary/aromatic N) is 1. The molecule has 0 radical (unpaired) electrons. The zero-order valence-corrected chi connectivity index (χ0v) is 15.6. The first-order valence-electron chi connectivity index (χ1n) is 9.18. The summed E-state index contributed by atoms with van der Waals surface area (Å²) in [4.78, 5) is 14.1. The molecule has 2 saturated heterocycles. The number of carbonyl (C=O) groups excluding carboxylic acids is 1. The third kappa shape index (κ3) is 3.71. The highest BCUT2D eigenvalue weighted by Gasteiger charge is 2.43. The van der Waals surface area contributed by atoms with Gasteiger partial charge >= 0.3 is 0 Å². The van der Waals surface area contributed by atoms with Crippen molar-refractivity contribution in [3.63, 3.8) is 0 Å². The summed E-state index contributed by atoms with van der Waals surface area (Å²) in [7, 11) is 0. The third-order valence-corrected chi connectivity index (χ3v) is 5.88. The second-order valence-electron chi connectivity index (χ2n) is 7.33. The van der Waals surface area contributed by atoms with E-state index in [0.29, 0.717) is 24.0 Å². The Balaban J connectivity index is 1.46. The van der Waals surface area contributed by atoms with Crippen LogP contribution in [-0.4, -0.2) is 36.5 Å². The van der Waals surface area contributed by atoms with Gasteiger partial charge in [-0.1, -0.05) is 48.0 Å². The Labute approximate surface area is 162 Å². The summed E-state index contributed by atoms with van der Waals surface area (Å²) in [5.74, 6) is -3.24. The van der Waals surface area contributed by atoms with E-state index in [1.807, 2.05) is 12.1 Å². The van der Waals surface area contributed by atoms with Gasteiger partial charge in [0.05, 0.1) is 6.42 Å². The lowest BCUT2D eigenvalue weighted by molar-refractivity contribution is -0.140. The molecule has 2 aliphatic heterocycles. The number of halogens is 3. The monoisotopic (exact) mass is 390 g/mol. The van der Waals surface area contributed by atoms with E-state index in [1.165, 1.54) is 12.1 Å². The van der Waals surface area contributed by atoms with E-state index in [0.717, 1.165) is 24.1 Å². The smallest absolute Gasteiger partial charge is 0.281 e. The normalized spacial score (nSPS) is 22.1. The van der Waals surface area contributed by atoms with Crippen molar-refractivity contribution in [2.45, 2.75) is 24.8 Å². The van der Waals surface area contributed by atoms with E-state index >= 15 is 0 Å². The molecule has 2 fully saturated rings. The van der Waals surface area contributed by atoms with Gasteiger partial charge < -0.3 is 10.2 Å². The van der Waals surface area contributed by atoms with Crippen molar-refractivity contribution in [1.82, 2.24) is 10.2 Å². The van der Waals surface area contributed by atoms with Crippen LogP contribution in [0.25, 0.3) is 11.1 Å². The average molecular weight is 391 g/mol. The molecule has 3 nitrogen and oxygen atoms in total. The molecule has 0 spiro atoms. The lowest BCUT2D eigenvalue weighted by atomic mass is 9.99. The first-order valence-corrected chi connectivity index (χ1v) is 9.56. The number of likely N-dealkylation sites (tertiary alicyclic amines) is 1. The molecule has 2 aromatic carbocycles. The van der Waals surface area contributed by atoms with Gasteiger partial charge in [0.1, 0.15) is 0 Å². The summed E-state index contributed by atoms with van der Waals surface area (Å²) < 4.78 is 29.4. The standard InChI is InChI=1S/C21H21ClF2N2O/c22-18-7-3-15(4-8-18)14-1-5-17(6-2-14)21(23,24)11-20(27)26-10-9-16-12-25-13-19(16)26/h1-8,16,19,25H,9-13H2/t16-,19+/m1/s1. The lowest BCUT2D eigenvalue weighted by Gasteiger charge is -2.26. The molecule has 0 bridgehead atoms. The van der Waals surface area contributed by atoms with Crippen molar-refractivity contribution in [2.75, 3.05) is 19.6 Å². The highest BCUT2D eigenvalue weighted by Crippen LogP contribution is 2.36. The molecule has 2 atom stereocenters. The number of amides is 1. The first-order chi connectivity index (χ1) is 12.9. The maximum absolute atomic E-state index is 14.7. The maximum atomic E-state index is 14.7. The van der Waals surface area contributed by atoms with Crippen LogP contribution in [0.15, 0.2) is 48.5 Å². The molecule has 27 heavy (non-hydrogen) atoms. The number of hydrogen-bond acceptors (Lipinski definition) is 2. The fourth-order valence-corrected chi connectivity index (χ4v) is 4.23. The molecule has 142 valence electrons. The van der Waals surface area contributed by atoms with Gasteiger partial charge in [0.25, 0.3) is 5.92 Å². The van der Waals surface area contributed by atoms with Gasteiger partial charge in [-0.25, -0.2) is 8.78 Å². The zero-order valence-electron chi connectivity index (χ0n) is 14.8. The van der Waals surface area contributed by atoms with Crippen LogP contribution in [0.1, 0.15) is 18.4 Å². The summed E-state index contributed by atoms with van der Waals surface area (Å²) in [6, 6.07) is 13.4. The van der Waals surface area contributed by atoms with E-state index < -0.39 is 18.3 Å². The van der Waals surface area contributed by atoms with Crippen LogP contribution in [0, 0.1) is 5.92 Å². The molecule has 0 saturated carbocycles. The highest BCUT2D eigenvalue weighted by atomic mass is 35.5. The van der Waals surface area contributed by atoms with Crippen molar-refractivity contribution in [3.05, 3.63) is 59.1 Å². The molecule has 2 aliphatic rings. The fourth-order valence-electron chi connectivity index (χ4n) is 4.10. The van der Waals surface area contributed by atoms with E-state index in [1.54, 1.807) is 29.2 Å². The number of hydrogen-bond donors (Lipinski definition) is 1. The van der Waals surface area contributed by atoms with Gasteiger partial charge in [-0.15, -0.1) is 0 Å². The maximum Gasteiger partial charge on any atom is 0.281 e. The van der Waals surface area contributed by atoms with E-state index in [-0.39, 0.29) is 11.6 Å². The number of rotatable bonds is 4. The number of benzene rings is 2. The van der Waals surface area contributed by atoms with Crippen LogP contribution in [-0.2, 0) is 10.7 Å². The fraction of sp³-hybridized carbons (Fsp3) is 0.381. The van der Waals surface area contributed by atoms with Crippen LogP contribution < -0.4 is 5.32 Å². The predicted octanol–water partition coefficient (Wildman–Crippen LogP) is 4.31. The highest BCUT2D eigenvalue weighted by molar-refractivity contribution is 6.30. The van der Waals surface area contributed by atoms with Crippen molar-refractivity contribution < 1.29 is 13.6 Å². The Kier molecular flexibility index (Phi) is 4.91. The quantitative estimate of drug-likeness (QED) is 0.843. The van der Waals surface area contributed by atoms with Crippen LogP contribution in [0.5, 0.6) is 0 Å². The van der Waals surface area contributed by atoms with Crippen LogP contribution in [0.2, 0.25) is 5.02 Å². The number of nitrogens with one attached hydrogen (secondary N) is 1. The minimum atomic E-state index is -3.18. The molecule has 1 amide bonds.